The summed E-state index contributed by atoms with van der Waals surface area (Å²) in [6, 6.07) is 19.8. The second-order valence-corrected chi connectivity index (χ2v) is 8.69. The minimum Gasteiger partial charge on any atom is -0.453 e. The van der Waals surface area contributed by atoms with E-state index in [-0.39, 0.29) is 10.8 Å². The predicted molar refractivity (Wildman–Crippen MR) is 105 cm³/mol. The first kappa shape index (κ1) is 14.4. The summed E-state index contributed by atoms with van der Waals surface area (Å²) >= 11 is 0. The Morgan fingerprint density at radius 3 is 1.42 bits per heavy atom. The van der Waals surface area contributed by atoms with Gasteiger partial charge >= 0.3 is 0 Å². The van der Waals surface area contributed by atoms with Gasteiger partial charge in [-0.1, -0.05) is 70.2 Å². The lowest BCUT2D eigenvalue weighted by Gasteiger charge is -2.51. The molecule has 0 fully saturated rings. The first-order valence-electron chi connectivity index (χ1n) is 9.31. The Bertz CT molecular complexity index is 1040. The van der Waals surface area contributed by atoms with Crippen molar-refractivity contribution in [2.24, 2.45) is 0 Å². The van der Waals surface area contributed by atoms with Crippen LogP contribution in [0.3, 0.4) is 0 Å². The second kappa shape index (κ2) is 4.15. The first-order valence-corrected chi connectivity index (χ1v) is 9.31. The van der Waals surface area contributed by atoms with Gasteiger partial charge < -0.3 is 9.64 Å². The molecule has 0 saturated heterocycles. The van der Waals surface area contributed by atoms with Crippen LogP contribution in [0.2, 0.25) is 0 Å². The Hall–Kier alpha value is -2.74. The van der Waals surface area contributed by atoms with Gasteiger partial charge in [-0.05, 0) is 34.4 Å². The maximum Gasteiger partial charge on any atom is 0.151 e. The summed E-state index contributed by atoms with van der Waals surface area (Å²) in [7, 11) is 0. The van der Waals surface area contributed by atoms with Gasteiger partial charge in [0.1, 0.15) is 0 Å². The zero-order valence-corrected chi connectivity index (χ0v) is 15.6. The molecule has 0 bridgehead atoms. The van der Waals surface area contributed by atoms with Gasteiger partial charge in [-0.3, -0.25) is 0 Å². The maximum absolute atomic E-state index is 6.39. The molecule has 128 valence electrons. The van der Waals surface area contributed by atoms with Crippen LogP contribution in [0.4, 0.5) is 17.1 Å². The Kier molecular flexibility index (Phi) is 2.30. The Morgan fingerprint density at radius 2 is 0.962 bits per heavy atom. The molecule has 6 rings (SSSR count). The third kappa shape index (κ3) is 1.39. The van der Waals surface area contributed by atoms with Crippen LogP contribution in [0.5, 0.6) is 11.5 Å². The molecule has 0 unspecified atom stereocenters. The van der Waals surface area contributed by atoms with Crippen LogP contribution in [0.25, 0.3) is 0 Å². The molecule has 0 saturated carbocycles. The number of para-hydroxylation sites is 3. The van der Waals surface area contributed by atoms with E-state index in [9.17, 15) is 0 Å². The fourth-order valence-corrected chi connectivity index (χ4v) is 5.22. The highest BCUT2D eigenvalue weighted by molar-refractivity contribution is 5.98. The predicted octanol–water partition coefficient (Wildman–Crippen LogP) is 6.54. The van der Waals surface area contributed by atoms with Gasteiger partial charge in [-0.15, -0.1) is 0 Å². The van der Waals surface area contributed by atoms with E-state index in [1.807, 2.05) is 0 Å². The van der Waals surface area contributed by atoms with Crippen molar-refractivity contribution in [3.05, 3.63) is 76.9 Å². The van der Waals surface area contributed by atoms with Crippen molar-refractivity contribution < 1.29 is 4.74 Å². The topological polar surface area (TPSA) is 12.5 Å². The summed E-state index contributed by atoms with van der Waals surface area (Å²) in [5.41, 5.74) is 9.13. The molecule has 3 aromatic rings. The van der Waals surface area contributed by atoms with E-state index in [1.54, 1.807) is 0 Å². The van der Waals surface area contributed by atoms with E-state index < -0.39 is 0 Å². The Labute approximate surface area is 154 Å². The molecule has 26 heavy (non-hydrogen) atoms. The highest BCUT2D eigenvalue weighted by atomic mass is 16.5. The highest BCUT2D eigenvalue weighted by Gasteiger charge is 2.48. The lowest BCUT2D eigenvalue weighted by molar-refractivity contribution is 0.464. The molecule has 2 heteroatoms. The average Bonchev–Trinajstić information content (AvgIpc) is 2.63. The molecule has 0 N–H and O–H groups in total. The third-order valence-electron chi connectivity index (χ3n) is 6.62. The lowest BCUT2D eigenvalue weighted by Crippen LogP contribution is -2.39. The van der Waals surface area contributed by atoms with Crippen LogP contribution in [0, 0.1) is 0 Å². The van der Waals surface area contributed by atoms with Gasteiger partial charge in [0.2, 0.25) is 0 Å². The second-order valence-electron chi connectivity index (χ2n) is 8.69. The van der Waals surface area contributed by atoms with Gasteiger partial charge in [0, 0.05) is 10.8 Å². The van der Waals surface area contributed by atoms with Crippen molar-refractivity contribution in [1.29, 1.82) is 0 Å². The lowest BCUT2D eigenvalue weighted by atomic mass is 9.66. The highest BCUT2D eigenvalue weighted by Crippen LogP contribution is 2.65. The van der Waals surface area contributed by atoms with Crippen molar-refractivity contribution in [3.63, 3.8) is 0 Å². The first-order chi connectivity index (χ1) is 12.4. The van der Waals surface area contributed by atoms with Crippen molar-refractivity contribution in [3.8, 4) is 11.5 Å². The van der Waals surface area contributed by atoms with Crippen molar-refractivity contribution >= 4 is 17.1 Å². The molecule has 2 nitrogen and oxygen atoms in total. The zero-order valence-electron chi connectivity index (χ0n) is 15.6. The van der Waals surface area contributed by atoms with Gasteiger partial charge in [-0.2, -0.15) is 0 Å². The van der Waals surface area contributed by atoms with E-state index in [0.717, 1.165) is 11.5 Å². The number of rotatable bonds is 0. The summed E-state index contributed by atoms with van der Waals surface area (Å²) < 4.78 is 6.39. The maximum atomic E-state index is 6.39. The fourth-order valence-electron chi connectivity index (χ4n) is 5.22. The molecule has 3 heterocycles. The normalized spacial score (nSPS) is 18.8. The summed E-state index contributed by atoms with van der Waals surface area (Å²) in [6.45, 7) is 9.33. The molecule has 0 spiro atoms. The third-order valence-corrected chi connectivity index (χ3v) is 6.62. The van der Waals surface area contributed by atoms with Crippen LogP contribution < -0.4 is 9.64 Å². The van der Waals surface area contributed by atoms with Crippen LogP contribution in [0.1, 0.15) is 49.9 Å². The van der Waals surface area contributed by atoms with Gasteiger partial charge in [0.15, 0.2) is 11.5 Å². The molecule has 3 aliphatic heterocycles. The molecule has 0 radical (unpaired) electrons. The van der Waals surface area contributed by atoms with E-state index in [1.165, 1.54) is 39.3 Å². The van der Waals surface area contributed by atoms with E-state index >= 15 is 0 Å². The number of anilines is 3. The van der Waals surface area contributed by atoms with E-state index in [2.05, 4.69) is 87.2 Å². The standard InChI is InChI=1S/C24H21NO/c1-23(2)14-8-5-9-15-20(14)25-21-16(23)10-6-12-18(21)26-19-13-7-11-17(22(19)25)24(15,3)4/h5-13H,1-4H3. The number of hydrogen-bond donors (Lipinski definition) is 0. The van der Waals surface area contributed by atoms with Gasteiger partial charge in [0.05, 0.1) is 17.1 Å². The smallest absolute Gasteiger partial charge is 0.151 e. The fraction of sp³-hybridized carbons (Fsp3) is 0.250. The van der Waals surface area contributed by atoms with E-state index in [4.69, 9.17) is 4.74 Å². The summed E-state index contributed by atoms with van der Waals surface area (Å²) in [4.78, 5) is 2.47. The van der Waals surface area contributed by atoms with Gasteiger partial charge in [-0.25, -0.2) is 0 Å². The molecular formula is C24H21NO. The minimum atomic E-state index is -0.0591. The number of ether oxygens (including phenoxy) is 1. The monoisotopic (exact) mass is 339 g/mol. The Balaban J connectivity index is 1.86. The Morgan fingerprint density at radius 1 is 0.577 bits per heavy atom. The zero-order chi connectivity index (χ0) is 17.8. The minimum absolute atomic E-state index is 0.0591. The quantitative estimate of drug-likeness (QED) is 0.360. The number of nitrogens with zero attached hydrogens (tertiary/aromatic N) is 1. The summed E-state index contributed by atoms with van der Waals surface area (Å²) in [6.07, 6.45) is 0. The summed E-state index contributed by atoms with van der Waals surface area (Å²) in [5.74, 6) is 1.92. The average molecular weight is 339 g/mol. The molecule has 0 amide bonds. The van der Waals surface area contributed by atoms with Gasteiger partial charge in [0.25, 0.3) is 0 Å². The summed E-state index contributed by atoms with van der Waals surface area (Å²) in [5, 5.41) is 0. The van der Waals surface area contributed by atoms with Crippen LogP contribution in [-0.4, -0.2) is 0 Å². The van der Waals surface area contributed by atoms with Crippen molar-refractivity contribution in [2.45, 2.75) is 38.5 Å². The molecule has 0 atom stereocenters. The van der Waals surface area contributed by atoms with Crippen LogP contribution in [0.15, 0.2) is 54.6 Å². The van der Waals surface area contributed by atoms with Crippen LogP contribution in [-0.2, 0) is 10.8 Å². The van der Waals surface area contributed by atoms with Crippen molar-refractivity contribution in [2.75, 3.05) is 4.90 Å². The number of hydrogen-bond acceptors (Lipinski definition) is 2. The number of benzene rings is 3. The molecular weight excluding hydrogens is 318 g/mol. The van der Waals surface area contributed by atoms with Crippen molar-refractivity contribution in [1.82, 2.24) is 0 Å². The molecule has 3 aromatic carbocycles. The SMILES string of the molecule is CC1(C)c2cccc3c2N2c4c(cccc4C(C)(C)c4cccc1c42)O3. The molecule has 0 aliphatic carbocycles. The molecule has 0 aromatic heterocycles. The largest absolute Gasteiger partial charge is 0.453 e. The molecule has 3 aliphatic rings. The van der Waals surface area contributed by atoms with Crippen LogP contribution >= 0.6 is 0 Å². The van der Waals surface area contributed by atoms with E-state index in [0.29, 0.717) is 0 Å².